The number of halogens is 1. The van der Waals surface area contributed by atoms with E-state index in [0.29, 0.717) is 5.92 Å². The lowest BCUT2D eigenvalue weighted by Gasteiger charge is -2.39. The van der Waals surface area contributed by atoms with Crippen LogP contribution in [0.25, 0.3) is 0 Å². The number of fused-ring (bicyclic) bond motifs is 2. The Hall–Kier alpha value is -1.58. The third kappa shape index (κ3) is 1.88. The van der Waals surface area contributed by atoms with Crippen LogP contribution in [0.4, 0.5) is 4.39 Å². The fourth-order valence-corrected chi connectivity index (χ4v) is 4.27. The molecule has 3 atom stereocenters. The zero-order chi connectivity index (χ0) is 15.4. The van der Waals surface area contributed by atoms with Crippen molar-refractivity contribution in [2.24, 2.45) is 16.7 Å². The molecular weight excluding hydrogens is 271 g/mol. The van der Waals surface area contributed by atoms with Crippen molar-refractivity contribution < 1.29 is 19.0 Å². The van der Waals surface area contributed by atoms with Crippen LogP contribution in [0.2, 0.25) is 0 Å². The van der Waals surface area contributed by atoms with Crippen LogP contribution >= 0.6 is 0 Å². The fraction of sp³-hybridized carbons (Fsp3) is 0.588. The van der Waals surface area contributed by atoms with Crippen molar-refractivity contribution in [1.29, 1.82) is 0 Å². The first-order chi connectivity index (χ1) is 9.77. The molecule has 0 spiro atoms. The summed E-state index contributed by atoms with van der Waals surface area (Å²) in [5, 5.41) is 9.20. The number of aromatic carboxylic acids is 1. The Morgan fingerprint density at radius 1 is 1.38 bits per heavy atom. The summed E-state index contributed by atoms with van der Waals surface area (Å²) in [4.78, 5) is 11.3. The molecule has 0 saturated heterocycles. The number of rotatable bonds is 3. The molecule has 0 amide bonds. The van der Waals surface area contributed by atoms with Crippen molar-refractivity contribution in [3.05, 3.63) is 29.6 Å². The van der Waals surface area contributed by atoms with E-state index in [1.165, 1.54) is 12.5 Å². The summed E-state index contributed by atoms with van der Waals surface area (Å²) < 4.78 is 19.7. The highest BCUT2D eigenvalue weighted by molar-refractivity contribution is 5.91. The van der Waals surface area contributed by atoms with E-state index >= 15 is 0 Å². The SMILES string of the molecule is CC1(C)C2CCC1(C)C(Oc1cccc(F)c1C(=O)O)C2. The van der Waals surface area contributed by atoms with Crippen LogP contribution in [0.5, 0.6) is 5.75 Å². The van der Waals surface area contributed by atoms with E-state index in [1.54, 1.807) is 6.07 Å². The van der Waals surface area contributed by atoms with E-state index in [1.807, 2.05) is 0 Å². The minimum absolute atomic E-state index is 0.0136. The van der Waals surface area contributed by atoms with Gasteiger partial charge in [0.25, 0.3) is 0 Å². The molecule has 4 heteroatoms. The van der Waals surface area contributed by atoms with Crippen LogP contribution in [0.15, 0.2) is 18.2 Å². The Morgan fingerprint density at radius 2 is 2.10 bits per heavy atom. The van der Waals surface area contributed by atoms with Gasteiger partial charge in [0, 0.05) is 5.41 Å². The second kappa shape index (κ2) is 4.46. The molecule has 1 aromatic rings. The lowest BCUT2D eigenvalue weighted by Crippen LogP contribution is -2.39. The molecule has 3 rings (SSSR count). The van der Waals surface area contributed by atoms with Gasteiger partial charge in [-0.05, 0) is 42.7 Å². The average molecular weight is 292 g/mol. The van der Waals surface area contributed by atoms with E-state index in [9.17, 15) is 14.3 Å². The molecule has 0 radical (unpaired) electrons. The van der Waals surface area contributed by atoms with Crippen molar-refractivity contribution in [2.75, 3.05) is 0 Å². The predicted molar refractivity (Wildman–Crippen MR) is 77.0 cm³/mol. The third-order valence-corrected chi connectivity index (χ3v) is 6.17. The van der Waals surface area contributed by atoms with E-state index in [0.717, 1.165) is 18.9 Å². The Balaban J connectivity index is 1.93. The monoisotopic (exact) mass is 292 g/mol. The Bertz CT molecular complexity index is 596. The summed E-state index contributed by atoms with van der Waals surface area (Å²) in [6, 6.07) is 4.20. The number of ether oxygens (including phenoxy) is 1. The van der Waals surface area contributed by atoms with Gasteiger partial charge in [0.05, 0.1) is 0 Å². The topological polar surface area (TPSA) is 46.5 Å². The molecule has 114 valence electrons. The van der Waals surface area contributed by atoms with E-state index in [4.69, 9.17) is 4.74 Å². The summed E-state index contributed by atoms with van der Waals surface area (Å²) >= 11 is 0. The zero-order valence-electron chi connectivity index (χ0n) is 12.6. The lowest BCUT2D eigenvalue weighted by atomic mass is 9.70. The first-order valence-corrected chi connectivity index (χ1v) is 7.46. The van der Waals surface area contributed by atoms with Gasteiger partial charge in [0.15, 0.2) is 0 Å². The maximum atomic E-state index is 13.7. The van der Waals surface area contributed by atoms with Crippen molar-refractivity contribution in [1.82, 2.24) is 0 Å². The van der Waals surface area contributed by atoms with Crippen molar-refractivity contribution in [3.8, 4) is 5.75 Å². The van der Waals surface area contributed by atoms with Crippen molar-refractivity contribution in [3.63, 3.8) is 0 Å². The van der Waals surface area contributed by atoms with Crippen LogP contribution in [-0.4, -0.2) is 17.2 Å². The molecule has 0 aliphatic heterocycles. The summed E-state index contributed by atoms with van der Waals surface area (Å²) in [5.41, 5.74) is -0.171. The highest BCUT2D eigenvalue weighted by Crippen LogP contribution is 2.66. The lowest BCUT2D eigenvalue weighted by molar-refractivity contribution is 0.0285. The molecular formula is C17H21FO3. The maximum absolute atomic E-state index is 13.7. The molecule has 0 heterocycles. The Kier molecular flexibility index (Phi) is 3.05. The first kappa shape index (κ1) is 14.4. The standard InChI is InChI=1S/C17H21FO3/c1-16(2)10-7-8-17(16,3)13(9-10)21-12-6-4-5-11(18)14(12)15(19)20/h4-6,10,13H,7-9H2,1-3H3,(H,19,20). The largest absolute Gasteiger partial charge is 0.489 e. The minimum Gasteiger partial charge on any atom is -0.489 e. The number of hydrogen-bond donors (Lipinski definition) is 1. The molecule has 3 unspecified atom stereocenters. The normalized spacial score (nSPS) is 33.1. The number of carbonyl (C=O) groups is 1. The van der Waals surface area contributed by atoms with Gasteiger partial charge in [-0.2, -0.15) is 0 Å². The van der Waals surface area contributed by atoms with Gasteiger partial charge >= 0.3 is 5.97 Å². The quantitative estimate of drug-likeness (QED) is 0.911. The first-order valence-electron chi connectivity index (χ1n) is 7.46. The second-order valence-corrected chi connectivity index (χ2v) is 7.14. The molecule has 21 heavy (non-hydrogen) atoms. The van der Waals surface area contributed by atoms with Gasteiger partial charge in [-0.15, -0.1) is 0 Å². The second-order valence-electron chi connectivity index (χ2n) is 7.14. The maximum Gasteiger partial charge on any atom is 0.342 e. The zero-order valence-corrected chi connectivity index (χ0v) is 12.6. The average Bonchev–Trinajstić information content (AvgIpc) is 2.71. The third-order valence-electron chi connectivity index (χ3n) is 6.17. The van der Waals surface area contributed by atoms with Crippen molar-refractivity contribution in [2.45, 2.75) is 46.1 Å². The van der Waals surface area contributed by atoms with E-state index in [2.05, 4.69) is 20.8 Å². The smallest absolute Gasteiger partial charge is 0.342 e. The molecule has 1 N–H and O–H groups in total. The molecule has 2 saturated carbocycles. The Labute approximate surface area is 124 Å². The molecule has 2 aliphatic rings. The fourth-order valence-electron chi connectivity index (χ4n) is 4.27. The minimum atomic E-state index is -1.28. The van der Waals surface area contributed by atoms with Crippen LogP contribution in [-0.2, 0) is 0 Å². The van der Waals surface area contributed by atoms with Gasteiger partial charge in [-0.1, -0.05) is 26.8 Å². The van der Waals surface area contributed by atoms with E-state index in [-0.39, 0.29) is 28.2 Å². The van der Waals surface area contributed by atoms with Crippen LogP contribution in [0, 0.1) is 22.6 Å². The number of carboxylic acid groups (broad SMARTS) is 1. The number of carboxylic acids is 1. The van der Waals surface area contributed by atoms with Gasteiger partial charge < -0.3 is 9.84 Å². The van der Waals surface area contributed by atoms with E-state index < -0.39 is 11.8 Å². The molecule has 2 aliphatic carbocycles. The summed E-state index contributed by atoms with van der Waals surface area (Å²) in [6.45, 7) is 6.74. The van der Waals surface area contributed by atoms with Crippen LogP contribution in [0.3, 0.4) is 0 Å². The summed E-state index contributed by atoms with van der Waals surface area (Å²) in [6.07, 6.45) is 3.14. The molecule has 1 aromatic carbocycles. The van der Waals surface area contributed by atoms with Gasteiger partial charge in [0.1, 0.15) is 23.2 Å². The number of hydrogen-bond acceptors (Lipinski definition) is 2. The van der Waals surface area contributed by atoms with Crippen molar-refractivity contribution >= 4 is 5.97 Å². The summed E-state index contributed by atoms with van der Waals surface area (Å²) in [7, 11) is 0. The highest BCUT2D eigenvalue weighted by Gasteiger charge is 2.62. The van der Waals surface area contributed by atoms with Gasteiger partial charge in [-0.25, -0.2) is 9.18 Å². The molecule has 3 nitrogen and oxygen atoms in total. The highest BCUT2D eigenvalue weighted by atomic mass is 19.1. The molecule has 2 fully saturated rings. The predicted octanol–water partition coefficient (Wildman–Crippen LogP) is 4.12. The summed E-state index contributed by atoms with van der Waals surface area (Å²) in [5.74, 6) is -1.28. The van der Waals surface area contributed by atoms with Crippen LogP contribution < -0.4 is 4.74 Å². The Morgan fingerprint density at radius 3 is 2.62 bits per heavy atom. The van der Waals surface area contributed by atoms with Gasteiger partial charge in [-0.3, -0.25) is 0 Å². The van der Waals surface area contributed by atoms with Crippen LogP contribution in [0.1, 0.15) is 50.4 Å². The molecule has 0 aromatic heterocycles. The molecule has 2 bridgehead atoms. The van der Waals surface area contributed by atoms with Gasteiger partial charge in [0.2, 0.25) is 0 Å². The number of benzene rings is 1.